The van der Waals surface area contributed by atoms with Crippen molar-refractivity contribution in [2.75, 3.05) is 17.1 Å². The van der Waals surface area contributed by atoms with Gasteiger partial charge in [-0.2, -0.15) is 5.10 Å². The van der Waals surface area contributed by atoms with E-state index < -0.39 is 16.4 Å². The third-order valence-corrected chi connectivity index (χ3v) is 6.14. The molecule has 1 aromatic carbocycles. The van der Waals surface area contributed by atoms with Crippen LogP contribution in [0.1, 0.15) is 5.56 Å². The van der Waals surface area contributed by atoms with Gasteiger partial charge < -0.3 is 5.11 Å². The van der Waals surface area contributed by atoms with Crippen LogP contribution in [-0.4, -0.2) is 41.2 Å². The molecule has 0 aliphatic carbocycles. The lowest BCUT2D eigenvalue weighted by atomic mass is 9.95. The van der Waals surface area contributed by atoms with Crippen LogP contribution in [0.15, 0.2) is 30.9 Å². The molecule has 0 spiro atoms. The molecule has 0 radical (unpaired) electrons. The maximum absolute atomic E-state index is 11.2. The Morgan fingerprint density at radius 1 is 1.45 bits per heavy atom. The van der Waals surface area contributed by atoms with Gasteiger partial charge in [-0.25, -0.2) is 9.67 Å². The molecule has 120 valence electrons. The number of nitrogens with zero attached hydrogens (tertiary/aromatic N) is 3. The fourth-order valence-corrected chi connectivity index (χ4v) is 4.43. The summed E-state index contributed by atoms with van der Waals surface area (Å²) < 4.78 is 12.8. The first kappa shape index (κ1) is 17.7. The van der Waals surface area contributed by atoms with Gasteiger partial charge in [-0.3, -0.25) is 4.21 Å². The molecular formula is C13H15Cl2N3O2S2. The van der Waals surface area contributed by atoms with Gasteiger partial charge in [0.25, 0.3) is 0 Å². The van der Waals surface area contributed by atoms with Gasteiger partial charge in [0.2, 0.25) is 0 Å². The summed E-state index contributed by atoms with van der Waals surface area (Å²) in [4.78, 5) is 3.88. The monoisotopic (exact) mass is 379 g/mol. The zero-order valence-corrected chi connectivity index (χ0v) is 14.9. The second-order valence-corrected chi connectivity index (χ2v) is 8.42. The minimum atomic E-state index is -1.26. The first-order chi connectivity index (χ1) is 10.4. The number of aliphatic hydroxyl groups is 1. The van der Waals surface area contributed by atoms with E-state index in [-0.39, 0.29) is 6.54 Å². The third-order valence-electron chi connectivity index (χ3n) is 2.91. The van der Waals surface area contributed by atoms with Gasteiger partial charge in [0.05, 0.1) is 11.6 Å². The van der Waals surface area contributed by atoms with Crippen molar-refractivity contribution in [2.24, 2.45) is 0 Å². The number of benzene rings is 1. The molecule has 0 bridgehead atoms. The molecule has 5 nitrogen and oxygen atoms in total. The zero-order chi connectivity index (χ0) is 16.2. The van der Waals surface area contributed by atoms with E-state index in [2.05, 4.69) is 10.1 Å². The smallest absolute Gasteiger partial charge is 0.137 e. The predicted molar refractivity (Wildman–Crippen MR) is 91.8 cm³/mol. The number of halogens is 2. The molecule has 0 aliphatic heterocycles. The Morgan fingerprint density at radius 3 is 2.82 bits per heavy atom. The summed E-state index contributed by atoms with van der Waals surface area (Å²) in [6, 6.07) is 4.97. The molecule has 0 saturated heterocycles. The average Bonchev–Trinajstić information content (AvgIpc) is 2.90. The van der Waals surface area contributed by atoms with E-state index in [1.807, 2.05) is 0 Å². The highest BCUT2D eigenvalue weighted by Crippen LogP contribution is 2.34. The first-order valence-electron chi connectivity index (χ1n) is 6.29. The van der Waals surface area contributed by atoms with Gasteiger partial charge in [-0.05, 0) is 12.1 Å². The van der Waals surface area contributed by atoms with Crippen molar-refractivity contribution in [3.05, 3.63) is 46.5 Å². The van der Waals surface area contributed by atoms with Crippen LogP contribution in [0, 0.1) is 0 Å². The topological polar surface area (TPSA) is 68.0 Å². The molecule has 0 amide bonds. The van der Waals surface area contributed by atoms with E-state index in [9.17, 15) is 9.32 Å². The normalized spacial score (nSPS) is 15.5. The van der Waals surface area contributed by atoms with Crippen molar-refractivity contribution in [1.29, 1.82) is 0 Å². The van der Waals surface area contributed by atoms with Crippen LogP contribution < -0.4 is 0 Å². The van der Waals surface area contributed by atoms with Gasteiger partial charge >= 0.3 is 0 Å². The Labute approximate surface area is 145 Å². The fraction of sp³-hybridized carbons (Fsp3) is 0.385. The summed E-state index contributed by atoms with van der Waals surface area (Å²) in [5, 5.41) is 16.4. The van der Waals surface area contributed by atoms with Crippen molar-refractivity contribution in [3.63, 3.8) is 0 Å². The second-order valence-electron chi connectivity index (χ2n) is 4.79. The van der Waals surface area contributed by atoms with Crippen LogP contribution in [-0.2, 0) is 22.9 Å². The minimum Gasteiger partial charge on any atom is -0.382 e. The van der Waals surface area contributed by atoms with Crippen LogP contribution in [0.25, 0.3) is 0 Å². The third kappa shape index (κ3) is 4.70. The Balaban J connectivity index is 2.28. The molecule has 1 heterocycles. The highest BCUT2D eigenvalue weighted by atomic mass is 35.5. The average molecular weight is 380 g/mol. The molecule has 0 fully saturated rings. The van der Waals surface area contributed by atoms with Crippen LogP contribution in [0.2, 0.25) is 10.0 Å². The van der Waals surface area contributed by atoms with Gasteiger partial charge in [-0.1, -0.05) is 29.3 Å². The van der Waals surface area contributed by atoms with Crippen molar-refractivity contribution in [1.82, 2.24) is 14.8 Å². The molecule has 9 heteroatoms. The van der Waals surface area contributed by atoms with E-state index in [0.29, 0.717) is 26.4 Å². The lowest BCUT2D eigenvalue weighted by molar-refractivity contribution is 0.0398. The van der Waals surface area contributed by atoms with Crippen molar-refractivity contribution >= 4 is 45.8 Å². The summed E-state index contributed by atoms with van der Waals surface area (Å²) in [6.07, 6.45) is 4.55. The number of hydrogen-bond acceptors (Lipinski definition) is 5. The highest BCUT2D eigenvalue weighted by molar-refractivity contribution is 8.10. The molecule has 1 aromatic heterocycles. The predicted octanol–water partition coefficient (Wildman–Crippen LogP) is 2.54. The van der Waals surface area contributed by atoms with Gasteiger partial charge in [0, 0.05) is 38.4 Å². The van der Waals surface area contributed by atoms with Crippen molar-refractivity contribution in [3.8, 4) is 0 Å². The molecular weight excluding hydrogens is 365 g/mol. The molecule has 2 atom stereocenters. The van der Waals surface area contributed by atoms with E-state index in [1.54, 1.807) is 24.5 Å². The summed E-state index contributed by atoms with van der Waals surface area (Å²) in [6.45, 7) is 0.192. The molecule has 2 rings (SSSR count). The maximum Gasteiger partial charge on any atom is 0.137 e. The fourth-order valence-electron chi connectivity index (χ4n) is 1.99. The quantitative estimate of drug-likeness (QED) is 0.800. The lowest BCUT2D eigenvalue weighted by Crippen LogP contribution is -2.35. The number of aromatic nitrogens is 3. The van der Waals surface area contributed by atoms with Gasteiger partial charge in [0.1, 0.15) is 18.3 Å². The summed E-state index contributed by atoms with van der Waals surface area (Å²) in [5.41, 5.74) is -0.706. The lowest BCUT2D eigenvalue weighted by Gasteiger charge is -2.29. The Kier molecular flexibility index (Phi) is 6.28. The van der Waals surface area contributed by atoms with Crippen LogP contribution in [0.4, 0.5) is 0 Å². The zero-order valence-electron chi connectivity index (χ0n) is 11.8. The van der Waals surface area contributed by atoms with Crippen LogP contribution in [0.5, 0.6) is 0 Å². The molecule has 2 unspecified atom stereocenters. The Bertz CT molecular complexity index is 655. The molecule has 0 saturated carbocycles. The highest BCUT2D eigenvalue weighted by Gasteiger charge is 2.32. The number of rotatable bonds is 7. The molecule has 22 heavy (non-hydrogen) atoms. The second kappa shape index (κ2) is 7.79. The minimum absolute atomic E-state index is 0.192. The van der Waals surface area contributed by atoms with E-state index in [1.165, 1.54) is 29.1 Å². The van der Waals surface area contributed by atoms with Gasteiger partial charge in [0.15, 0.2) is 0 Å². The SMILES string of the molecule is CS(=O)CSCC(O)(Cn1cncn1)c1ccc(Cl)cc1Cl. The Morgan fingerprint density at radius 2 is 2.23 bits per heavy atom. The first-order valence-corrected chi connectivity index (χ1v) is 9.92. The molecule has 2 aromatic rings. The molecule has 0 aliphatic rings. The summed E-state index contributed by atoms with van der Waals surface area (Å²) in [5.74, 6) is 0.327. The Hall–Kier alpha value is -0.600. The molecule has 1 N–H and O–H groups in total. The largest absolute Gasteiger partial charge is 0.382 e. The van der Waals surface area contributed by atoms with E-state index in [0.717, 1.165) is 0 Å². The summed E-state index contributed by atoms with van der Waals surface area (Å²) >= 11 is 13.5. The summed E-state index contributed by atoms with van der Waals surface area (Å²) in [7, 11) is -0.941. The van der Waals surface area contributed by atoms with Gasteiger partial charge in [-0.15, -0.1) is 11.8 Å². The van der Waals surface area contributed by atoms with E-state index >= 15 is 0 Å². The number of thioether (sulfide) groups is 1. The van der Waals surface area contributed by atoms with Crippen LogP contribution in [0.3, 0.4) is 0 Å². The van der Waals surface area contributed by atoms with E-state index in [4.69, 9.17) is 23.2 Å². The van der Waals surface area contributed by atoms with Crippen molar-refractivity contribution < 1.29 is 9.32 Å². The van der Waals surface area contributed by atoms with Crippen LogP contribution >= 0.6 is 35.0 Å². The maximum atomic E-state index is 11.2. The standard InChI is InChI=1S/C13H15Cl2N3O2S2/c1-22(20)9-21-6-13(19,5-18-8-16-7-17-18)11-3-2-10(14)4-12(11)15/h2-4,7-8,19H,5-6,9H2,1H3. The van der Waals surface area contributed by atoms with Crippen molar-refractivity contribution in [2.45, 2.75) is 12.1 Å². The number of hydrogen-bond donors (Lipinski definition) is 1.